The van der Waals surface area contributed by atoms with E-state index in [1.165, 1.54) is 6.42 Å². The molecular formula is C70H136O30. The highest BCUT2D eigenvalue weighted by atomic mass is 16.7. The van der Waals surface area contributed by atoms with Crippen LogP contribution in [-0.4, -0.2) is 299 Å². The normalized spacial score (nSPS) is 41.8. The van der Waals surface area contributed by atoms with Crippen molar-refractivity contribution in [2.75, 3.05) is 92.5 Å². The number of fused-ring (bicyclic) bond motifs is 1. The molecular weight excluding hydrogens is 1320 g/mol. The van der Waals surface area contributed by atoms with Gasteiger partial charge in [0, 0.05) is 6.42 Å². The molecule has 10 aliphatic heterocycles. The maximum absolute atomic E-state index is 9.66. The fourth-order valence-corrected chi connectivity index (χ4v) is 11.0. The molecule has 10 N–H and O–H groups in total. The van der Waals surface area contributed by atoms with E-state index in [0.29, 0.717) is 79.3 Å². The first-order valence-electron chi connectivity index (χ1n) is 35.8. The molecule has 0 aromatic heterocycles. The summed E-state index contributed by atoms with van der Waals surface area (Å²) in [4.78, 5) is 0. The van der Waals surface area contributed by atoms with E-state index >= 15 is 0 Å². The molecule has 30 heteroatoms. The Morgan fingerprint density at radius 3 is 1.32 bits per heavy atom. The minimum absolute atomic E-state index is 0.00815. The Morgan fingerprint density at radius 1 is 0.340 bits per heavy atom. The van der Waals surface area contributed by atoms with Crippen LogP contribution >= 0.6 is 0 Å². The van der Waals surface area contributed by atoms with Gasteiger partial charge in [-0.1, -0.05) is 19.3 Å². The Labute approximate surface area is 595 Å². The predicted octanol–water partition coefficient (Wildman–Crippen LogP) is 4.70. The van der Waals surface area contributed by atoms with Gasteiger partial charge in [-0.15, -0.1) is 0 Å². The Kier molecular flexibility index (Phi) is 38.5. The summed E-state index contributed by atoms with van der Waals surface area (Å²) in [7, 11) is 0. The maximum atomic E-state index is 9.66. The molecule has 12 aliphatic rings. The summed E-state index contributed by atoms with van der Waals surface area (Å²) in [5, 5.41) is 93.0. The van der Waals surface area contributed by atoms with Crippen LogP contribution in [0.2, 0.25) is 0 Å². The van der Waals surface area contributed by atoms with Gasteiger partial charge in [0.25, 0.3) is 0 Å². The minimum atomic E-state index is -1.15. The van der Waals surface area contributed by atoms with Gasteiger partial charge in [0.2, 0.25) is 0 Å². The minimum Gasteiger partial charge on any atom is -0.371 e. The van der Waals surface area contributed by atoms with Crippen molar-refractivity contribution in [1.82, 2.24) is 0 Å². The number of hydrogen-bond donors (Lipinski definition) is 10. The molecule has 0 amide bonds. The fraction of sp³-hybridized carbons (Fsp3) is 1.00. The zero-order chi connectivity index (χ0) is 75.9. The third-order valence-corrected chi connectivity index (χ3v) is 19.2. The van der Waals surface area contributed by atoms with E-state index in [0.717, 1.165) is 44.9 Å². The van der Waals surface area contributed by atoms with Gasteiger partial charge in [0.05, 0.1) is 134 Å². The van der Waals surface area contributed by atoms with Crippen LogP contribution in [0.5, 0.6) is 0 Å². The number of ether oxygens (including phenoxy) is 20. The molecule has 10 heterocycles. The first-order chi connectivity index (χ1) is 46.1. The van der Waals surface area contributed by atoms with Crippen LogP contribution in [0.25, 0.3) is 0 Å². The summed E-state index contributed by atoms with van der Waals surface area (Å²) in [6.07, 6.45) is 3.31. The Morgan fingerprint density at radius 2 is 0.870 bits per heavy atom. The predicted molar refractivity (Wildman–Crippen MR) is 362 cm³/mol. The quantitative estimate of drug-likeness (QED) is 0.157. The van der Waals surface area contributed by atoms with Crippen molar-refractivity contribution in [3.63, 3.8) is 0 Å². The Balaban J connectivity index is 0.000000289. The van der Waals surface area contributed by atoms with Crippen molar-refractivity contribution in [1.29, 1.82) is 0 Å². The molecule has 12 rings (SSSR count). The lowest BCUT2D eigenvalue weighted by Crippen LogP contribution is -2.56. The van der Waals surface area contributed by atoms with Gasteiger partial charge >= 0.3 is 0 Å². The van der Waals surface area contributed by atoms with Gasteiger partial charge in [0.15, 0.2) is 60.9 Å². The van der Waals surface area contributed by atoms with E-state index in [1.807, 2.05) is 96.9 Å². The first kappa shape index (κ1) is 93.0. The largest absolute Gasteiger partial charge is 0.371 e. The van der Waals surface area contributed by atoms with E-state index in [9.17, 15) is 30.6 Å². The van der Waals surface area contributed by atoms with E-state index in [1.54, 1.807) is 55.4 Å². The van der Waals surface area contributed by atoms with Gasteiger partial charge in [0.1, 0.15) is 53.4 Å². The van der Waals surface area contributed by atoms with Crippen molar-refractivity contribution >= 4 is 0 Å². The van der Waals surface area contributed by atoms with Crippen molar-refractivity contribution in [2.45, 2.75) is 359 Å². The fourth-order valence-electron chi connectivity index (χ4n) is 11.0. The topological polar surface area (TPSA) is 387 Å². The average Bonchev–Trinajstić information content (AvgIpc) is 1.05. The van der Waals surface area contributed by atoms with Gasteiger partial charge in [-0.3, -0.25) is 0 Å². The third kappa shape index (κ3) is 30.8. The molecule has 20 unspecified atom stereocenters. The Bertz CT molecular complexity index is 2130. The van der Waals surface area contributed by atoms with Crippen molar-refractivity contribution < 1.29 is 146 Å². The number of aliphatic hydroxyl groups excluding tert-OH is 6. The van der Waals surface area contributed by atoms with Crippen LogP contribution in [0.1, 0.15) is 204 Å². The Hall–Kier alpha value is -1.20. The number of aliphatic hydroxyl groups is 10. The first-order valence-corrected chi connectivity index (χ1v) is 35.8. The van der Waals surface area contributed by atoms with Gasteiger partial charge < -0.3 is 146 Å². The van der Waals surface area contributed by atoms with Crippen LogP contribution in [0, 0.1) is 0 Å². The van der Waals surface area contributed by atoms with Crippen LogP contribution in [0.15, 0.2) is 0 Å². The van der Waals surface area contributed by atoms with Gasteiger partial charge in [-0.05, 0) is 178 Å². The highest BCUT2D eigenvalue weighted by Crippen LogP contribution is 2.38. The molecule has 12 fully saturated rings. The lowest BCUT2D eigenvalue weighted by molar-refractivity contribution is -0.329. The molecule has 2 aliphatic carbocycles. The molecule has 100 heavy (non-hydrogen) atoms. The third-order valence-electron chi connectivity index (χ3n) is 19.2. The molecule has 30 nitrogen and oxygen atoms in total. The van der Waals surface area contributed by atoms with Crippen molar-refractivity contribution in [3.05, 3.63) is 0 Å². The number of rotatable bonds is 0. The SMILES string of the molecule is CC1(C)OCC(O)OC1(C)C.CC1(C)OCCOC1(C)O.CC1(C)OCCOC1O.CC1COC(O)C(C)(C)O1.CC1COC(O)C(C)O1.CC1OC(C)C(O)OC1C.CC1OCC(C)(O)OC1C.CC1OCCOC1(C)O.OC12CCCC1OCCO2.OC1OCCOC12CCCCC2. The lowest BCUT2D eigenvalue weighted by Gasteiger charge is -2.46. The summed E-state index contributed by atoms with van der Waals surface area (Å²) >= 11 is 0. The van der Waals surface area contributed by atoms with Crippen molar-refractivity contribution in [2.24, 2.45) is 0 Å². The standard InChI is InChI=1S/C9H16O3.C8H16O3.C7H12O3.4C7H14O3.3C6H12O3/c10-8-9(12-7-6-11-8)4-2-1-3-5-9;1-7(2)8(3,4)11-6(9)5-10-7;8-7-3-1-2-6(7)9-4-5-10-7;1-6(2)7(3,8)10-5-4-9-6;1-5-6(2)10-7(3,8)4-9-5;1-5-4-9-6(8)7(2,3)10-5;1-4-5(2)10-7(8)6(3)9-4;1-6(2)5(7)8-3-4-9-6;1-5-6(2,7)9-4-3-8-5;1-4-3-8-6(7)5(2)9-4/h8,10H,1-7H2;6,9H,5H2,1-4H3;6,8H,1-5H2;8H,4-5H2,1-3H3;2*5-6,8H,4H2,1-3H3;4-8H,1-3H3;2*5,7H,3-4H2,1-2H3;4-7H,3H2,1-2H3. The molecule has 1 spiro atoms. The highest BCUT2D eigenvalue weighted by Gasteiger charge is 2.48. The second kappa shape index (κ2) is 41.4. The number of hydrogen-bond acceptors (Lipinski definition) is 30. The monoisotopic (exact) mass is 1460 g/mol. The van der Waals surface area contributed by atoms with E-state index < -0.39 is 83.3 Å². The molecule has 20 atom stereocenters. The van der Waals surface area contributed by atoms with Crippen LogP contribution in [0.3, 0.4) is 0 Å². The van der Waals surface area contributed by atoms with Crippen molar-refractivity contribution in [3.8, 4) is 0 Å². The molecule has 0 bridgehead atoms. The molecule has 0 aromatic rings. The zero-order valence-corrected chi connectivity index (χ0v) is 64.4. The molecule has 0 radical (unpaired) electrons. The average molecular weight is 1460 g/mol. The second-order valence-electron chi connectivity index (χ2n) is 30.2. The van der Waals surface area contributed by atoms with Crippen LogP contribution in [0.4, 0.5) is 0 Å². The molecule has 0 aromatic carbocycles. The van der Waals surface area contributed by atoms with E-state index in [4.69, 9.17) is 115 Å². The lowest BCUT2D eigenvalue weighted by atomic mass is 9.83. The summed E-state index contributed by atoms with van der Waals surface area (Å²) in [5.41, 5.74) is -2.78. The van der Waals surface area contributed by atoms with Gasteiger partial charge in [-0.25, -0.2) is 0 Å². The maximum Gasteiger partial charge on any atom is 0.192 e. The summed E-state index contributed by atoms with van der Waals surface area (Å²) in [6.45, 7) is 47.3. The van der Waals surface area contributed by atoms with Crippen LogP contribution < -0.4 is 0 Å². The zero-order valence-electron chi connectivity index (χ0n) is 64.4. The van der Waals surface area contributed by atoms with E-state index in [2.05, 4.69) is 0 Å². The van der Waals surface area contributed by atoms with E-state index in [-0.39, 0.29) is 85.5 Å². The summed E-state index contributed by atoms with van der Waals surface area (Å²) in [6, 6.07) is 0. The molecule has 2 saturated carbocycles. The smallest absolute Gasteiger partial charge is 0.192 e. The second-order valence-corrected chi connectivity index (χ2v) is 30.2. The molecule has 10 saturated heterocycles. The highest BCUT2D eigenvalue weighted by molar-refractivity contribution is 4.93. The summed E-state index contributed by atoms with van der Waals surface area (Å²) < 4.78 is 104. The van der Waals surface area contributed by atoms with Gasteiger partial charge in [-0.2, -0.15) is 0 Å². The molecule has 596 valence electrons. The summed E-state index contributed by atoms with van der Waals surface area (Å²) in [5.74, 6) is -4.26. The van der Waals surface area contributed by atoms with Crippen LogP contribution in [-0.2, 0) is 94.7 Å².